The van der Waals surface area contributed by atoms with Crippen LogP contribution in [-0.2, 0) is 39.7 Å². The second-order valence-electron chi connectivity index (χ2n) is 13.9. The van der Waals surface area contributed by atoms with Crippen LogP contribution in [0, 0.1) is 5.92 Å². The molecule has 1 unspecified atom stereocenters. The fourth-order valence-electron chi connectivity index (χ4n) is 5.27. The van der Waals surface area contributed by atoms with E-state index in [0.29, 0.717) is 10.5 Å². The molecule has 0 aliphatic carbocycles. The van der Waals surface area contributed by atoms with Crippen LogP contribution in [0.2, 0.25) is 5.28 Å². The van der Waals surface area contributed by atoms with Gasteiger partial charge in [0, 0.05) is 12.3 Å². The van der Waals surface area contributed by atoms with Crippen molar-refractivity contribution in [1.29, 1.82) is 0 Å². The van der Waals surface area contributed by atoms with E-state index in [1.54, 1.807) is 79.7 Å². The van der Waals surface area contributed by atoms with Crippen molar-refractivity contribution in [1.82, 2.24) is 19.5 Å². The van der Waals surface area contributed by atoms with Crippen molar-refractivity contribution >= 4 is 52.5 Å². The van der Waals surface area contributed by atoms with E-state index in [4.69, 9.17) is 35.3 Å². The summed E-state index contributed by atoms with van der Waals surface area (Å²) in [6, 6.07) is 8.92. The van der Waals surface area contributed by atoms with Crippen LogP contribution >= 0.6 is 11.6 Å². The number of Topliss-reactive ketones (excluding diaryl/α,β-unsaturated/α-hetero) is 1. The monoisotopic (exact) mass is 717 g/mol. The molecule has 3 aromatic rings. The number of anilines is 1. The molecule has 3 heterocycles. The van der Waals surface area contributed by atoms with Crippen LogP contribution in [0.25, 0.3) is 11.2 Å². The van der Waals surface area contributed by atoms with Crippen molar-refractivity contribution in [2.24, 2.45) is 5.92 Å². The number of aliphatic hydroxyl groups is 1. The van der Waals surface area contributed by atoms with Gasteiger partial charge in [0.1, 0.15) is 17.3 Å². The maximum atomic E-state index is 13.4. The highest BCUT2D eigenvalue weighted by molar-refractivity contribution is 6.29. The van der Waals surface area contributed by atoms with Gasteiger partial charge in [-0.15, -0.1) is 0 Å². The minimum Gasteiger partial charge on any atom is -0.463 e. The van der Waals surface area contributed by atoms with Gasteiger partial charge in [-0.25, -0.2) is 19.4 Å². The lowest BCUT2D eigenvalue weighted by Gasteiger charge is -2.31. The lowest BCUT2D eigenvalue weighted by molar-refractivity contribution is -0.182. The van der Waals surface area contributed by atoms with E-state index in [1.807, 2.05) is 6.07 Å². The number of hydrogen-bond acceptors (Lipinski definition) is 13. The summed E-state index contributed by atoms with van der Waals surface area (Å²) >= 11 is 6.33. The van der Waals surface area contributed by atoms with Crippen molar-refractivity contribution in [3.8, 4) is 0 Å². The number of imidazole rings is 1. The number of amides is 2. The third kappa shape index (κ3) is 8.57. The van der Waals surface area contributed by atoms with Crippen LogP contribution in [-0.4, -0.2) is 90.8 Å². The van der Waals surface area contributed by atoms with Gasteiger partial charge in [-0.05, 0) is 72.6 Å². The van der Waals surface area contributed by atoms with Gasteiger partial charge in [-0.1, -0.05) is 37.3 Å². The average molecular weight is 718 g/mol. The van der Waals surface area contributed by atoms with Gasteiger partial charge in [0.05, 0.1) is 25.6 Å². The average Bonchev–Trinajstić information content (AvgIpc) is 3.53. The molecule has 2 amide bonds. The number of ether oxygens (including phenoxy) is 5. The number of esters is 1. The SMILES string of the molecule is CCOC(=O)C(Cc1ccccc1)(OC[C@H]1O[C@@H](n2cnc3c(N(C(=O)OC(C)(C)C)C(=O)OC(C)(C)C)nc(Cl)nc32)[C@H](O)[C@@H]1C)C(C)=O. The van der Waals surface area contributed by atoms with Crippen LogP contribution in [0.4, 0.5) is 15.4 Å². The number of benzene rings is 1. The topological polar surface area (TPSA) is 182 Å². The number of ketones is 1. The Balaban J connectivity index is 1.69. The predicted octanol–water partition coefficient (Wildman–Crippen LogP) is 5.20. The van der Waals surface area contributed by atoms with Crippen LogP contribution in [0.15, 0.2) is 36.7 Å². The maximum absolute atomic E-state index is 13.4. The zero-order chi connectivity index (χ0) is 37.2. The van der Waals surface area contributed by atoms with Crippen LogP contribution < -0.4 is 4.90 Å². The third-order valence-corrected chi connectivity index (χ3v) is 7.88. The molecule has 15 nitrogen and oxygen atoms in total. The molecular formula is C34H44ClN5O10. The lowest BCUT2D eigenvalue weighted by Crippen LogP contribution is -2.52. The minimum absolute atomic E-state index is 0.0172. The van der Waals surface area contributed by atoms with E-state index in [9.17, 15) is 24.3 Å². The first-order valence-electron chi connectivity index (χ1n) is 16.1. The second-order valence-corrected chi connectivity index (χ2v) is 14.3. The van der Waals surface area contributed by atoms with Gasteiger partial charge in [-0.3, -0.25) is 9.36 Å². The van der Waals surface area contributed by atoms with E-state index < -0.39 is 65.1 Å². The Morgan fingerprint density at radius 3 is 2.14 bits per heavy atom. The largest absolute Gasteiger partial charge is 0.463 e. The molecule has 0 saturated carbocycles. The molecule has 0 spiro atoms. The number of carbonyl (C=O) groups excluding carboxylic acids is 4. The number of imide groups is 1. The van der Waals surface area contributed by atoms with Gasteiger partial charge in [0.25, 0.3) is 0 Å². The third-order valence-electron chi connectivity index (χ3n) is 7.71. The van der Waals surface area contributed by atoms with E-state index >= 15 is 0 Å². The van der Waals surface area contributed by atoms with Crippen LogP contribution in [0.3, 0.4) is 0 Å². The van der Waals surface area contributed by atoms with Crippen molar-refractivity contribution < 1.29 is 48.0 Å². The highest BCUT2D eigenvalue weighted by atomic mass is 35.5. The number of hydrogen-bond donors (Lipinski definition) is 1. The zero-order valence-electron chi connectivity index (χ0n) is 29.6. The van der Waals surface area contributed by atoms with Crippen molar-refractivity contribution in [3.63, 3.8) is 0 Å². The smallest absolute Gasteiger partial charge is 0.425 e. The summed E-state index contributed by atoms with van der Waals surface area (Å²) in [6.07, 6.45) is -4.09. The number of carbonyl (C=O) groups is 4. The number of aromatic nitrogens is 4. The summed E-state index contributed by atoms with van der Waals surface area (Å²) in [6.45, 7) is 14.1. The molecule has 1 aromatic carbocycles. The van der Waals surface area contributed by atoms with E-state index in [1.165, 1.54) is 17.8 Å². The Kier molecular flexibility index (Phi) is 11.6. The normalized spacial score (nSPS) is 20.6. The van der Waals surface area contributed by atoms with E-state index in [-0.39, 0.29) is 41.9 Å². The first kappa shape index (κ1) is 38.6. The van der Waals surface area contributed by atoms with E-state index in [2.05, 4.69) is 15.0 Å². The van der Waals surface area contributed by atoms with E-state index in [0.717, 1.165) is 0 Å². The summed E-state index contributed by atoms with van der Waals surface area (Å²) in [5.74, 6) is -2.29. The molecule has 4 rings (SSSR count). The Morgan fingerprint density at radius 1 is 1.00 bits per heavy atom. The fraction of sp³-hybridized carbons (Fsp3) is 0.559. The highest BCUT2D eigenvalue weighted by Gasteiger charge is 2.50. The molecule has 1 saturated heterocycles. The summed E-state index contributed by atoms with van der Waals surface area (Å²) in [5.41, 5.74) is -3.30. The molecule has 272 valence electrons. The maximum Gasteiger partial charge on any atom is 0.425 e. The fourth-order valence-corrected chi connectivity index (χ4v) is 5.43. The van der Waals surface area contributed by atoms with Gasteiger partial charge < -0.3 is 28.8 Å². The van der Waals surface area contributed by atoms with Gasteiger partial charge >= 0.3 is 18.2 Å². The molecule has 0 bridgehead atoms. The number of fused-ring (bicyclic) bond motifs is 1. The standard InChI is InChI=1S/C34H44ClN5O10/c1-10-46-28(43)34(20(3)41,16-21-14-12-11-13-15-21)47-17-22-19(2)24(42)27(48-22)39-18-36-23-25(39)37-29(35)38-26(23)40(30(44)49-32(4,5)6)31(45)50-33(7,8)9/h11-15,18-19,22,24,27,42H,10,16-17H2,1-9H3/t19-,22-,24-,27-,34?/m1/s1. The minimum atomic E-state index is -1.96. The summed E-state index contributed by atoms with van der Waals surface area (Å²) in [7, 11) is 0. The molecule has 5 atom stereocenters. The van der Waals surface area contributed by atoms with Gasteiger partial charge in [0.2, 0.25) is 10.9 Å². The van der Waals surface area contributed by atoms with Gasteiger partial charge in [-0.2, -0.15) is 14.9 Å². The van der Waals surface area contributed by atoms with Crippen molar-refractivity contribution in [3.05, 3.63) is 47.5 Å². The summed E-state index contributed by atoms with van der Waals surface area (Å²) < 4.78 is 30.0. The number of rotatable bonds is 10. The second kappa shape index (κ2) is 15.0. The highest BCUT2D eigenvalue weighted by Crippen LogP contribution is 2.38. The molecule has 1 N–H and O–H groups in total. The first-order chi connectivity index (χ1) is 23.3. The molecule has 1 aliphatic rings. The number of aliphatic hydroxyl groups excluding tert-OH is 1. The van der Waals surface area contributed by atoms with Gasteiger partial charge in [0.15, 0.2) is 29.0 Å². The summed E-state index contributed by atoms with van der Waals surface area (Å²) in [4.78, 5) is 66.4. The number of halogens is 1. The predicted molar refractivity (Wildman–Crippen MR) is 181 cm³/mol. The molecule has 0 radical (unpaired) electrons. The molecule has 1 aliphatic heterocycles. The number of nitrogens with zero attached hydrogens (tertiary/aromatic N) is 5. The molecule has 50 heavy (non-hydrogen) atoms. The van der Waals surface area contributed by atoms with Crippen LogP contribution in [0.5, 0.6) is 0 Å². The van der Waals surface area contributed by atoms with Crippen molar-refractivity contribution in [2.45, 2.75) is 104 Å². The molecular weight excluding hydrogens is 674 g/mol. The quantitative estimate of drug-likeness (QED) is 0.125. The Morgan fingerprint density at radius 2 is 1.60 bits per heavy atom. The lowest BCUT2D eigenvalue weighted by atomic mass is 9.90. The zero-order valence-corrected chi connectivity index (χ0v) is 30.4. The first-order valence-corrected chi connectivity index (χ1v) is 16.5. The molecule has 16 heteroatoms. The van der Waals surface area contributed by atoms with Crippen molar-refractivity contribution in [2.75, 3.05) is 18.1 Å². The Bertz CT molecular complexity index is 1690. The summed E-state index contributed by atoms with van der Waals surface area (Å²) in [5, 5.41) is 11.0. The Hall–Kier alpha value is -4.18. The molecule has 2 aromatic heterocycles. The molecule has 1 fully saturated rings. The Labute approximate surface area is 295 Å². The van der Waals surface area contributed by atoms with Crippen LogP contribution in [0.1, 0.15) is 74.1 Å².